The Morgan fingerprint density at radius 3 is 2.12 bits per heavy atom. The molecule has 1 aliphatic carbocycles. The first-order valence-corrected chi connectivity index (χ1v) is 19.8. The highest BCUT2D eigenvalue weighted by Gasteiger charge is 2.31. The van der Waals surface area contributed by atoms with E-state index in [1.165, 1.54) is 26.1 Å². The molecule has 10 nitrogen and oxygen atoms in total. The largest absolute Gasteiger partial charge is 0.457 e. The van der Waals surface area contributed by atoms with Gasteiger partial charge in [-0.15, -0.1) is 0 Å². The van der Waals surface area contributed by atoms with E-state index >= 15 is 0 Å². The number of ether oxygens (including phenoxy) is 1. The van der Waals surface area contributed by atoms with E-state index in [-0.39, 0.29) is 23.9 Å². The van der Waals surface area contributed by atoms with Gasteiger partial charge in [0, 0.05) is 44.2 Å². The van der Waals surface area contributed by atoms with Crippen molar-refractivity contribution >= 4 is 32.9 Å². The van der Waals surface area contributed by atoms with Crippen LogP contribution in [0.1, 0.15) is 80.6 Å². The van der Waals surface area contributed by atoms with Crippen LogP contribution in [0.3, 0.4) is 0 Å². The van der Waals surface area contributed by atoms with Gasteiger partial charge in [0.2, 0.25) is 5.91 Å². The number of carbonyl (C=O) groups is 2. The summed E-state index contributed by atoms with van der Waals surface area (Å²) in [5, 5.41) is 0.988. The van der Waals surface area contributed by atoms with Gasteiger partial charge in [0.25, 0.3) is 5.91 Å². The van der Waals surface area contributed by atoms with Crippen LogP contribution in [-0.2, 0) is 21.5 Å². The number of para-hydroxylation sites is 1. The van der Waals surface area contributed by atoms with Gasteiger partial charge in [0.15, 0.2) is 0 Å². The summed E-state index contributed by atoms with van der Waals surface area (Å²) in [5.41, 5.74) is 4.07. The van der Waals surface area contributed by atoms with Crippen molar-refractivity contribution in [1.29, 1.82) is 0 Å². The highest BCUT2D eigenvalue weighted by molar-refractivity contribution is 7.87. The molecule has 2 aliphatic rings. The highest BCUT2D eigenvalue weighted by Crippen LogP contribution is 2.45. The fraction of sp³-hybridized carbons (Fsp3) is 0.450. The third kappa shape index (κ3) is 8.16. The van der Waals surface area contributed by atoms with Crippen LogP contribution >= 0.6 is 0 Å². The smallest absolute Gasteiger partial charge is 0.303 e. The lowest BCUT2D eigenvalue weighted by molar-refractivity contribution is -0.133. The molecule has 1 aliphatic heterocycles. The van der Waals surface area contributed by atoms with E-state index in [0.717, 1.165) is 83.8 Å². The van der Waals surface area contributed by atoms with Crippen molar-refractivity contribution in [3.05, 3.63) is 83.9 Å². The van der Waals surface area contributed by atoms with E-state index in [2.05, 4.69) is 28.0 Å². The summed E-state index contributed by atoms with van der Waals surface area (Å²) in [4.78, 5) is 32.1. The average Bonchev–Trinajstić information content (AvgIpc) is 3.46. The Morgan fingerprint density at radius 2 is 1.49 bits per heavy atom. The van der Waals surface area contributed by atoms with Crippen LogP contribution in [0.15, 0.2) is 72.8 Å². The van der Waals surface area contributed by atoms with Crippen molar-refractivity contribution < 1.29 is 22.7 Å². The maximum absolute atomic E-state index is 14.2. The van der Waals surface area contributed by atoms with E-state index < -0.39 is 16.1 Å². The molecule has 11 heteroatoms. The molecule has 3 aromatic carbocycles. The van der Waals surface area contributed by atoms with Crippen molar-refractivity contribution in [3.63, 3.8) is 0 Å². The molecule has 1 saturated heterocycles. The number of aromatic nitrogens is 1. The minimum absolute atomic E-state index is 0.0374. The standard InChI is InChI=1S/C40H51N5O5S/c1-5-43(6-2)32-23-25-44(26-24-32)37(46)28-45-36-27-31(40(47)41-51(48,49)42(3)4)19-22-35(36)38(29-13-9-7-10-14-29)39(45)30-17-20-34(21-18-30)50-33-15-11-8-12-16-33/h8,11-12,15-22,27,29,32H,5-7,9-10,13-14,23-26,28H2,1-4H3,(H,41,47). The van der Waals surface area contributed by atoms with Gasteiger partial charge < -0.3 is 19.1 Å². The first-order valence-electron chi connectivity index (χ1n) is 18.4. The van der Waals surface area contributed by atoms with Crippen LogP contribution in [0.25, 0.3) is 22.2 Å². The van der Waals surface area contributed by atoms with Crippen LogP contribution in [0.4, 0.5) is 0 Å². The first-order chi connectivity index (χ1) is 24.6. The SMILES string of the molecule is CCN(CC)C1CCN(C(=O)Cn2c(-c3ccc(Oc4ccccc4)cc3)c(C3CCCCC3)c3ccc(C(=O)NS(=O)(=O)N(C)C)cc32)CC1. The molecular weight excluding hydrogens is 663 g/mol. The van der Waals surface area contributed by atoms with Crippen molar-refractivity contribution in [2.24, 2.45) is 0 Å². The van der Waals surface area contributed by atoms with Gasteiger partial charge in [-0.3, -0.25) is 9.59 Å². The molecule has 0 bridgehead atoms. The molecule has 51 heavy (non-hydrogen) atoms. The second-order valence-electron chi connectivity index (χ2n) is 13.9. The molecule has 2 fully saturated rings. The summed E-state index contributed by atoms with van der Waals surface area (Å²) >= 11 is 0. The molecule has 0 spiro atoms. The van der Waals surface area contributed by atoms with Crippen molar-refractivity contribution in [1.82, 2.24) is 23.4 Å². The third-order valence-electron chi connectivity index (χ3n) is 10.6. The molecule has 6 rings (SSSR count). The summed E-state index contributed by atoms with van der Waals surface area (Å²) in [6, 6.07) is 23.5. The molecule has 272 valence electrons. The highest BCUT2D eigenvalue weighted by atomic mass is 32.2. The number of hydrogen-bond donors (Lipinski definition) is 1. The normalized spacial score (nSPS) is 16.2. The monoisotopic (exact) mass is 713 g/mol. The van der Waals surface area contributed by atoms with Crippen molar-refractivity contribution in [2.75, 3.05) is 40.3 Å². The zero-order valence-electron chi connectivity index (χ0n) is 30.3. The molecule has 0 unspecified atom stereocenters. The van der Waals surface area contributed by atoms with E-state index in [1.807, 2.05) is 65.6 Å². The third-order valence-corrected chi connectivity index (χ3v) is 12.0. The maximum atomic E-state index is 14.2. The zero-order chi connectivity index (χ0) is 36.1. The van der Waals surface area contributed by atoms with E-state index in [9.17, 15) is 18.0 Å². The number of likely N-dealkylation sites (tertiary alicyclic amines) is 1. The molecule has 1 aromatic heterocycles. The molecule has 1 saturated carbocycles. The predicted octanol–water partition coefficient (Wildman–Crippen LogP) is 7.02. The van der Waals surface area contributed by atoms with Gasteiger partial charge >= 0.3 is 10.2 Å². The maximum Gasteiger partial charge on any atom is 0.303 e. The van der Waals surface area contributed by atoms with Crippen LogP contribution in [-0.4, -0.2) is 85.2 Å². The Bertz CT molecular complexity index is 1920. The van der Waals surface area contributed by atoms with Gasteiger partial charge in [0.1, 0.15) is 18.0 Å². The van der Waals surface area contributed by atoms with E-state index in [4.69, 9.17) is 4.74 Å². The molecular formula is C40H51N5O5S. The number of nitrogens with one attached hydrogen (secondary N) is 1. The van der Waals surface area contributed by atoms with Gasteiger partial charge in [-0.1, -0.05) is 57.4 Å². The number of benzene rings is 3. The van der Waals surface area contributed by atoms with Crippen LogP contribution < -0.4 is 9.46 Å². The number of amides is 2. The fourth-order valence-corrected chi connectivity index (χ4v) is 8.36. The van der Waals surface area contributed by atoms with Crippen molar-refractivity contribution in [3.8, 4) is 22.8 Å². The van der Waals surface area contributed by atoms with E-state index in [0.29, 0.717) is 24.9 Å². The average molecular weight is 714 g/mol. The number of nitrogens with zero attached hydrogens (tertiary/aromatic N) is 4. The van der Waals surface area contributed by atoms with Gasteiger partial charge in [-0.05, 0) is 104 Å². The summed E-state index contributed by atoms with van der Waals surface area (Å²) in [6.45, 7) is 7.88. The molecule has 2 amide bonds. The number of piperidine rings is 1. The summed E-state index contributed by atoms with van der Waals surface area (Å²) < 4.78 is 36.5. The summed E-state index contributed by atoms with van der Waals surface area (Å²) in [6.07, 6.45) is 7.41. The second-order valence-corrected chi connectivity index (χ2v) is 15.8. The second kappa shape index (κ2) is 16.0. The molecule has 1 N–H and O–H groups in total. The summed E-state index contributed by atoms with van der Waals surface area (Å²) in [5.74, 6) is 1.06. The van der Waals surface area contributed by atoms with Gasteiger partial charge in [-0.2, -0.15) is 12.7 Å². The van der Waals surface area contributed by atoms with Crippen LogP contribution in [0.5, 0.6) is 11.5 Å². The lowest BCUT2D eigenvalue weighted by Crippen LogP contribution is -2.47. The number of fused-ring (bicyclic) bond motifs is 1. The topological polar surface area (TPSA) is 104 Å². The Balaban J connectivity index is 1.43. The lowest BCUT2D eigenvalue weighted by atomic mass is 9.81. The Morgan fingerprint density at radius 1 is 0.843 bits per heavy atom. The Labute approximate surface area is 302 Å². The molecule has 4 aromatic rings. The zero-order valence-corrected chi connectivity index (χ0v) is 31.1. The fourth-order valence-electron chi connectivity index (χ4n) is 7.83. The number of hydrogen-bond acceptors (Lipinski definition) is 6. The minimum atomic E-state index is -4.00. The number of rotatable bonds is 12. The summed E-state index contributed by atoms with van der Waals surface area (Å²) in [7, 11) is -1.25. The quantitative estimate of drug-likeness (QED) is 0.169. The van der Waals surface area contributed by atoms with Gasteiger partial charge in [0.05, 0.1) is 11.2 Å². The lowest BCUT2D eigenvalue weighted by Gasteiger charge is -2.37. The minimum Gasteiger partial charge on any atom is -0.457 e. The van der Waals surface area contributed by atoms with Gasteiger partial charge in [-0.25, -0.2) is 4.72 Å². The molecule has 2 heterocycles. The Kier molecular flexibility index (Phi) is 11.5. The van der Waals surface area contributed by atoms with Crippen LogP contribution in [0.2, 0.25) is 0 Å². The van der Waals surface area contributed by atoms with Crippen molar-refractivity contribution in [2.45, 2.75) is 77.3 Å². The molecule has 0 radical (unpaired) electrons. The molecule has 0 atom stereocenters. The van der Waals surface area contributed by atoms with E-state index in [1.54, 1.807) is 12.1 Å². The first kappa shape index (κ1) is 36.6. The Hall–Kier alpha value is -4.19. The van der Waals surface area contributed by atoms with Crippen LogP contribution in [0, 0.1) is 0 Å². The predicted molar refractivity (Wildman–Crippen MR) is 202 cm³/mol. The number of carbonyl (C=O) groups excluding carboxylic acids is 2.